The summed E-state index contributed by atoms with van der Waals surface area (Å²) >= 11 is 0. The zero-order valence-corrected chi connectivity index (χ0v) is 16.6. The van der Waals surface area contributed by atoms with Crippen LogP contribution in [0.4, 0.5) is 0 Å². The Bertz CT molecular complexity index is 1780. The Morgan fingerprint density at radius 1 is 0.828 bits per heavy atom. The molecule has 0 N–H and O–H groups in total. The van der Waals surface area contributed by atoms with Gasteiger partial charge in [0.1, 0.15) is 12.6 Å². The van der Waals surface area contributed by atoms with Crippen molar-refractivity contribution in [1.82, 2.24) is 4.40 Å². The largest absolute Gasteiger partial charge is 0.462 e. The highest BCUT2D eigenvalue weighted by Crippen LogP contribution is 2.43. The molecule has 3 aromatic carbocycles. The number of para-hydroxylation sites is 1. The fraction of sp³-hybridized carbons (Fsp3) is 0.115. The van der Waals surface area contributed by atoms with Gasteiger partial charge < -0.3 is 4.42 Å². The van der Waals surface area contributed by atoms with Crippen LogP contribution in [0.2, 0.25) is 0 Å². The second-order valence-corrected chi connectivity index (χ2v) is 8.23. The van der Waals surface area contributed by atoms with Gasteiger partial charge >= 0.3 is 0 Å². The number of pyridine rings is 2. The maximum atomic E-state index is 6.07. The summed E-state index contributed by atoms with van der Waals surface area (Å²) in [6, 6.07) is 19.9. The molecule has 0 aliphatic carbocycles. The molecule has 3 heteroatoms. The lowest BCUT2D eigenvalue weighted by Gasteiger charge is -2.14. The number of nitrogens with zero attached hydrogens (tertiary/aromatic N) is 2. The summed E-state index contributed by atoms with van der Waals surface area (Å²) in [6.07, 6.45) is 1.81. The molecule has 0 saturated carbocycles. The van der Waals surface area contributed by atoms with Crippen molar-refractivity contribution in [2.45, 2.75) is 13.8 Å². The number of hydrogen-bond donors (Lipinski definition) is 0. The minimum Gasteiger partial charge on any atom is -0.462 e. The summed E-state index contributed by atoms with van der Waals surface area (Å²) in [5.41, 5.74) is 8.47. The number of hydrogen-bond acceptors (Lipinski definition) is 1. The van der Waals surface area contributed by atoms with Crippen molar-refractivity contribution in [3.8, 4) is 0 Å². The van der Waals surface area contributed by atoms with Gasteiger partial charge in [-0.05, 0) is 36.1 Å². The molecule has 29 heavy (non-hydrogen) atoms. The molecule has 138 valence electrons. The first-order valence-electron chi connectivity index (χ1n) is 10.0. The lowest BCUT2D eigenvalue weighted by Crippen LogP contribution is -2.33. The number of aryl methyl sites for hydroxylation is 3. The molecule has 0 unspecified atom stereocenters. The van der Waals surface area contributed by atoms with Crippen molar-refractivity contribution in [2.24, 2.45) is 7.05 Å². The molecule has 0 saturated heterocycles. The molecule has 0 aliphatic rings. The van der Waals surface area contributed by atoms with Crippen LogP contribution in [0.25, 0.3) is 60.0 Å². The van der Waals surface area contributed by atoms with E-state index in [2.05, 4.69) is 84.5 Å². The van der Waals surface area contributed by atoms with Crippen LogP contribution in [0.3, 0.4) is 0 Å². The molecule has 3 nitrogen and oxygen atoms in total. The second-order valence-electron chi connectivity index (χ2n) is 8.23. The zero-order valence-electron chi connectivity index (χ0n) is 16.6. The maximum absolute atomic E-state index is 6.07. The van der Waals surface area contributed by atoms with Crippen LogP contribution in [0, 0.1) is 13.8 Å². The number of furan rings is 1. The average molecular weight is 375 g/mol. The summed E-state index contributed by atoms with van der Waals surface area (Å²) < 4.78 is 10.8. The van der Waals surface area contributed by atoms with Gasteiger partial charge in [-0.25, -0.2) is 0 Å². The number of aromatic nitrogens is 2. The Kier molecular flexibility index (Phi) is 2.58. The van der Waals surface area contributed by atoms with E-state index in [9.17, 15) is 0 Å². The van der Waals surface area contributed by atoms with Gasteiger partial charge in [0, 0.05) is 34.5 Å². The predicted octanol–water partition coefficient (Wildman–Crippen LogP) is 6.18. The van der Waals surface area contributed by atoms with E-state index in [0.29, 0.717) is 0 Å². The molecule has 7 aromatic rings. The first kappa shape index (κ1) is 15.3. The van der Waals surface area contributed by atoms with Crippen molar-refractivity contribution in [2.75, 3.05) is 0 Å². The average Bonchev–Trinajstić information content (AvgIpc) is 3.32. The summed E-state index contributed by atoms with van der Waals surface area (Å²) in [6.45, 7) is 4.42. The molecular weight excluding hydrogens is 356 g/mol. The fourth-order valence-corrected chi connectivity index (χ4v) is 5.33. The van der Waals surface area contributed by atoms with E-state index in [0.717, 1.165) is 11.0 Å². The molecular formula is C26H19N2O+. The molecule has 4 aromatic heterocycles. The molecule has 0 spiro atoms. The molecule has 0 fully saturated rings. The standard InChI is InChI=1S/C26H19N2O/c1-14-8-9-16-13-17-10-11-29-26(17)25-22(16)21(14)24-23-19(12-15(2)27(24)3)18-6-4-5-7-20(18)28(23)25/h4-13H,1-3H3/q+1. The first-order chi connectivity index (χ1) is 14.1. The van der Waals surface area contributed by atoms with Gasteiger partial charge in [-0.15, -0.1) is 0 Å². The second kappa shape index (κ2) is 4.87. The minimum absolute atomic E-state index is 0.959. The number of fused-ring (bicyclic) bond motifs is 7. The van der Waals surface area contributed by atoms with E-state index >= 15 is 0 Å². The lowest BCUT2D eigenvalue weighted by atomic mass is 9.96. The molecule has 0 atom stereocenters. The lowest BCUT2D eigenvalue weighted by molar-refractivity contribution is -0.650. The highest BCUT2D eigenvalue weighted by molar-refractivity contribution is 6.29. The van der Waals surface area contributed by atoms with Crippen LogP contribution in [0.1, 0.15) is 11.3 Å². The SMILES string of the molecule is Cc1ccc2cc3ccoc3c3c2c1c1c2c(cc(C)[n+]1C)c1ccccc1n32. The third-order valence-electron chi connectivity index (χ3n) is 6.72. The number of benzene rings is 3. The van der Waals surface area contributed by atoms with Crippen LogP contribution in [-0.4, -0.2) is 4.40 Å². The van der Waals surface area contributed by atoms with E-state index in [4.69, 9.17) is 4.42 Å². The van der Waals surface area contributed by atoms with Gasteiger partial charge in [-0.1, -0.05) is 30.3 Å². The Balaban J connectivity index is 2.06. The third kappa shape index (κ3) is 1.64. The minimum atomic E-state index is 0.959. The maximum Gasteiger partial charge on any atom is 0.238 e. The van der Waals surface area contributed by atoms with E-state index in [1.165, 1.54) is 60.3 Å². The normalized spacial score (nSPS) is 12.7. The van der Waals surface area contributed by atoms with E-state index in [1.807, 2.05) is 0 Å². The van der Waals surface area contributed by atoms with Gasteiger partial charge in [-0.3, -0.25) is 4.40 Å². The summed E-state index contributed by atoms with van der Waals surface area (Å²) in [7, 11) is 2.18. The molecule has 0 bridgehead atoms. The Hall–Kier alpha value is -3.59. The fourth-order valence-electron chi connectivity index (χ4n) is 5.33. The van der Waals surface area contributed by atoms with Crippen LogP contribution >= 0.6 is 0 Å². The molecule has 4 heterocycles. The molecule has 7 rings (SSSR count). The monoisotopic (exact) mass is 375 g/mol. The van der Waals surface area contributed by atoms with Crippen molar-refractivity contribution < 1.29 is 8.98 Å². The van der Waals surface area contributed by atoms with Crippen molar-refractivity contribution in [3.05, 3.63) is 72.1 Å². The Labute approximate surface area is 166 Å². The first-order valence-corrected chi connectivity index (χ1v) is 10.0. The smallest absolute Gasteiger partial charge is 0.238 e. The Morgan fingerprint density at radius 3 is 2.59 bits per heavy atom. The van der Waals surface area contributed by atoms with Crippen LogP contribution in [0.5, 0.6) is 0 Å². The quantitative estimate of drug-likeness (QED) is 0.176. The van der Waals surface area contributed by atoms with Gasteiger partial charge in [-0.2, -0.15) is 4.57 Å². The third-order valence-corrected chi connectivity index (χ3v) is 6.72. The van der Waals surface area contributed by atoms with Crippen molar-refractivity contribution in [1.29, 1.82) is 0 Å². The summed E-state index contributed by atoms with van der Waals surface area (Å²) in [4.78, 5) is 0. The zero-order chi connectivity index (χ0) is 19.4. The van der Waals surface area contributed by atoms with Gasteiger partial charge in [0.2, 0.25) is 5.52 Å². The number of rotatable bonds is 0. The van der Waals surface area contributed by atoms with Gasteiger partial charge in [0.25, 0.3) is 0 Å². The van der Waals surface area contributed by atoms with E-state index in [-0.39, 0.29) is 0 Å². The van der Waals surface area contributed by atoms with Crippen LogP contribution in [-0.2, 0) is 7.05 Å². The highest BCUT2D eigenvalue weighted by atomic mass is 16.3. The van der Waals surface area contributed by atoms with Gasteiger partial charge in [0.15, 0.2) is 11.3 Å². The summed E-state index contributed by atoms with van der Waals surface area (Å²) in [5.74, 6) is 0. The topological polar surface area (TPSA) is 21.4 Å². The van der Waals surface area contributed by atoms with Crippen molar-refractivity contribution in [3.63, 3.8) is 0 Å². The van der Waals surface area contributed by atoms with Gasteiger partial charge in [0.05, 0.1) is 22.7 Å². The van der Waals surface area contributed by atoms with Crippen LogP contribution in [0.15, 0.2) is 65.3 Å². The van der Waals surface area contributed by atoms with Crippen molar-refractivity contribution >= 4 is 60.0 Å². The van der Waals surface area contributed by atoms with Crippen LogP contribution < -0.4 is 4.57 Å². The van der Waals surface area contributed by atoms with E-state index in [1.54, 1.807) is 6.26 Å². The predicted molar refractivity (Wildman–Crippen MR) is 119 cm³/mol. The summed E-state index contributed by atoms with van der Waals surface area (Å²) in [5, 5.41) is 7.60. The highest BCUT2D eigenvalue weighted by Gasteiger charge is 2.27. The van der Waals surface area contributed by atoms with E-state index < -0.39 is 0 Å². The Morgan fingerprint density at radius 2 is 1.69 bits per heavy atom. The molecule has 0 radical (unpaired) electrons. The molecule has 0 aliphatic heterocycles. The molecule has 0 amide bonds.